The fourth-order valence-corrected chi connectivity index (χ4v) is 3.89. The molecule has 2 amide bonds. The van der Waals surface area contributed by atoms with Gasteiger partial charge in [0, 0.05) is 18.7 Å². The first-order valence-corrected chi connectivity index (χ1v) is 11.2. The second kappa shape index (κ2) is 9.97. The predicted molar refractivity (Wildman–Crippen MR) is 128 cm³/mol. The van der Waals surface area contributed by atoms with Gasteiger partial charge in [0.15, 0.2) is 5.82 Å². The van der Waals surface area contributed by atoms with Gasteiger partial charge in [0.25, 0.3) is 11.8 Å². The summed E-state index contributed by atoms with van der Waals surface area (Å²) in [6, 6.07) is 14.8. The summed E-state index contributed by atoms with van der Waals surface area (Å²) in [5.41, 5.74) is 2.70. The van der Waals surface area contributed by atoms with Crippen molar-refractivity contribution in [3.8, 4) is 0 Å². The number of rotatable bonds is 7. The minimum atomic E-state index is -0.419. The van der Waals surface area contributed by atoms with Gasteiger partial charge in [-0.2, -0.15) is 5.10 Å². The number of aromatic amines is 1. The largest absolute Gasteiger partial charge is 0.368 e. The van der Waals surface area contributed by atoms with Crippen LogP contribution >= 0.6 is 27.5 Å². The van der Waals surface area contributed by atoms with Crippen molar-refractivity contribution in [2.24, 2.45) is 4.99 Å². The third-order valence-electron chi connectivity index (χ3n) is 4.89. The first-order valence-electron chi connectivity index (χ1n) is 9.98. The quantitative estimate of drug-likeness (QED) is 0.386. The molecule has 1 aliphatic rings. The third kappa shape index (κ3) is 5.00. The van der Waals surface area contributed by atoms with Crippen LogP contribution in [0.2, 0.25) is 5.02 Å². The molecular weight excluding hydrogens is 496 g/mol. The highest BCUT2D eigenvalue weighted by Crippen LogP contribution is 2.25. The lowest BCUT2D eigenvalue weighted by atomic mass is 10.1. The van der Waals surface area contributed by atoms with Crippen molar-refractivity contribution in [1.29, 1.82) is 0 Å². The van der Waals surface area contributed by atoms with Crippen LogP contribution in [0.5, 0.6) is 0 Å². The number of hydrogen-bond acceptors (Lipinski definition) is 5. The van der Waals surface area contributed by atoms with Gasteiger partial charge in [-0.25, -0.2) is 0 Å². The van der Waals surface area contributed by atoms with Crippen molar-refractivity contribution in [2.75, 3.05) is 25.0 Å². The zero-order valence-electron chi connectivity index (χ0n) is 16.9. The SMILES string of the molecule is O=C(Nc1n[nH]c(C(=O)NCCc2ccc(C3=NCCN3)cc2)c1Br)c1ccccc1Cl. The number of nitrogens with one attached hydrogen (secondary N) is 4. The van der Waals surface area contributed by atoms with Gasteiger partial charge in [-0.1, -0.05) is 48.0 Å². The second-order valence-corrected chi connectivity index (χ2v) is 8.26. The van der Waals surface area contributed by atoms with Crippen LogP contribution in [-0.4, -0.2) is 47.5 Å². The van der Waals surface area contributed by atoms with E-state index in [9.17, 15) is 9.59 Å². The topological polar surface area (TPSA) is 111 Å². The molecule has 3 aromatic rings. The van der Waals surface area contributed by atoms with Crippen LogP contribution in [0.25, 0.3) is 0 Å². The Balaban J connectivity index is 1.32. The predicted octanol–water partition coefficient (Wildman–Crippen LogP) is 3.40. The standard InChI is InChI=1S/C22H20BrClN6O2/c23-17-18(29-30-20(17)28-21(31)15-3-1-2-4-16(15)24)22(32)27-10-9-13-5-7-14(8-6-13)19-25-11-12-26-19/h1-8H,9-12H2,(H,25,26)(H,27,32)(H2,28,29,30,31). The normalized spacial score (nSPS) is 12.8. The Hall–Kier alpha value is -3.17. The van der Waals surface area contributed by atoms with Crippen molar-refractivity contribution in [3.63, 3.8) is 0 Å². The molecule has 0 spiro atoms. The molecule has 1 aromatic heterocycles. The van der Waals surface area contributed by atoms with Gasteiger partial charge >= 0.3 is 0 Å². The molecule has 2 aromatic carbocycles. The number of halogens is 2. The van der Waals surface area contributed by atoms with Crippen LogP contribution in [0, 0.1) is 0 Å². The second-order valence-electron chi connectivity index (χ2n) is 7.06. The van der Waals surface area contributed by atoms with E-state index >= 15 is 0 Å². The highest BCUT2D eigenvalue weighted by molar-refractivity contribution is 9.10. The van der Waals surface area contributed by atoms with Gasteiger partial charge in [-0.05, 0) is 40.0 Å². The maximum Gasteiger partial charge on any atom is 0.270 e. The summed E-state index contributed by atoms with van der Waals surface area (Å²) in [4.78, 5) is 29.4. The molecule has 0 atom stereocenters. The summed E-state index contributed by atoms with van der Waals surface area (Å²) in [5.74, 6) is 0.381. The molecule has 0 unspecified atom stereocenters. The molecule has 0 saturated heterocycles. The number of amidine groups is 1. The number of carbonyl (C=O) groups is 2. The number of amides is 2. The lowest BCUT2D eigenvalue weighted by Crippen LogP contribution is -2.26. The van der Waals surface area contributed by atoms with Crippen molar-refractivity contribution < 1.29 is 9.59 Å². The van der Waals surface area contributed by atoms with E-state index in [4.69, 9.17) is 11.6 Å². The van der Waals surface area contributed by atoms with Crippen molar-refractivity contribution in [3.05, 3.63) is 80.4 Å². The van der Waals surface area contributed by atoms with Crippen LogP contribution in [-0.2, 0) is 6.42 Å². The van der Waals surface area contributed by atoms with E-state index in [1.54, 1.807) is 24.3 Å². The molecule has 0 bridgehead atoms. The average Bonchev–Trinajstić information content (AvgIpc) is 3.45. The Labute approximate surface area is 198 Å². The zero-order chi connectivity index (χ0) is 22.5. The summed E-state index contributed by atoms with van der Waals surface area (Å²) in [5, 5.41) is 15.8. The first kappa shape index (κ1) is 22.0. The summed E-state index contributed by atoms with van der Waals surface area (Å²) < 4.78 is 0.365. The number of aliphatic imine (C=N–C) groups is 1. The smallest absolute Gasteiger partial charge is 0.270 e. The molecule has 0 saturated carbocycles. The number of hydrogen-bond donors (Lipinski definition) is 4. The molecule has 2 heterocycles. The zero-order valence-corrected chi connectivity index (χ0v) is 19.3. The van der Waals surface area contributed by atoms with Gasteiger partial charge in [-0.15, -0.1) is 0 Å². The number of anilines is 1. The van der Waals surface area contributed by atoms with E-state index in [-0.39, 0.29) is 17.4 Å². The Morgan fingerprint density at radius 3 is 2.59 bits per heavy atom. The number of H-pyrrole nitrogens is 1. The van der Waals surface area contributed by atoms with Gasteiger partial charge < -0.3 is 16.0 Å². The lowest BCUT2D eigenvalue weighted by Gasteiger charge is -2.07. The van der Waals surface area contributed by atoms with Crippen LogP contribution in [0.3, 0.4) is 0 Å². The van der Waals surface area contributed by atoms with Crippen LogP contribution in [0.1, 0.15) is 32.0 Å². The molecule has 8 nitrogen and oxygen atoms in total. The van der Waals surface area contributed by atoms with Crippen LogP contribution in [0.15, 0.2) is 58.0 Å². The summed E-state index contributed by atoms with van der Waals surface area (Å²) in [6.07, 6.45) is 0.674. The van der Waals surface area contributed by atoms with Gasteiger partial charge in [-0.3, -0.25) is 19.7 Å². The van der Waals surface area contributed by atoms with Gasteiger partial charge in [0.1, 0.15) is 11.5 Å². The van der Waals surface area contributed by atoms with E-state index in [0.29, 0.717) is 28.0 Å². The minimum absolute atomic E-state index is 0.207. The monoisotopic (exact) mass is 514 g/mol. The maximum absolute atomic E-state index is 12.5. The Morgan fingerprint density at radius 1 is 1.09 bits per heavy atom. The molecule has 4 rings (SSSR count). The molecule has 0 radical (unpaired) electrons. The highest BCUT2D eigenvalue weighted by atomic mass is 79.9. The third-order valence-corrected chi connectivity index (χ3v) is 5.99. The molecule has 164 valence electrons. The molecule has 1 aliphatic heterocycles. The number of carbonyl (C=O) groups excluding carboxylic acids is 2. The maximum atomic E-state index is 12.5. The van der Waals surface area contributed by atoms with E-state index < -0.39 is 5.91 Å². The molecular formula is C22H20BrClN6O2. The van der Waals surface area contributed by atoms with Crippen LogP contribution < -0.4 is 16.0 Å². The van der Waals surface area contributed by atoms with Crippen molar-refractivity contribution >= 4 is 51.0 Å². The van der Waals surface area contributed by atoms with Gasteiger partial charge in [0.05, 0.1) is 21.6 Å². The molecule has 32 heavy (non-hydrogen) atoms. The van der Waals surface area contributed by atoms with E-state index in [0.717, 1.165) is 30.1 Å². The Bertz CT molecular complexity index is 1180. The molecule has 10 heteroatoms. The summed E-state index contributed by atoms with van der Waals surface area (Å²) in [6.45, 7) is 2.12. The first-order chi connectivity index (χ1) is 15.5. The lowest BCUT2D eigenvalue weighted by molar-refractivity contribution is 0.0947. The van der Waals surface area contributed by atoms with Crippen molar-refractivity contribution in [1.82, 2.24) is 20.8 Å². The average molecular weight is 516 g/mol. The van der Waals surface area contributed by atoms with E-state index in [2.05, 4.69) is 47.1 Å². The Morgan fingerprint density at radius 2 is 1.88 bits per heavy atom. The number of benzene rings is 2. The minimum Gasteiger partial charge on any atom is -0.368 e. The van der Waals surface area contributed by atoms with Crippen molar-refractivity contribution in [2.45, 2.75) is 6.42 Å². The van der Waals surface area contributed by atoms with Crippen LogP contribution in [0.4, 0.5) is 5.82 Å². The molecule has 0 aliphatic carbocycles. The Kier molecular flexibility index (Phi) is 6.87. The molecule has 4 N–H and O–H groups in total. The van der Waals surface area contributed by atoms with Gasteiger partial charge in [0.2, 0.25) is 0 Å². The van der Waals surface area contributed by atoms with E-state index in [1.807, 2.05) is 24.3 Å². The summed E-state index contributed by atoms with van der Waals surface area (Å²) in [7, 11) is 0. The molecule has 0 fully saturated rings. The number of nitrogens with zero attached hydrogens (tertiary/aromatic N) is 2. The fourth-order valence-electron chi connectivity index (χ4n) is 3.21. The fraction of sp³-hybridized carbons (Fsp3) is 0.182. The highest BCUT2D eigenvalue weighted by Gasteiger charge is 2.20. The number of aromatic nitrogens is 2. The van der Waals surface area contributed by atoms with E-state index in [1.165, 1.54) is 0 Å². The summed E-state index contributed by atoms with van der Waals surface area (Å²) >= 11 is 9.39.